The Labute approximate surface area is 136 Å². The largest absolute Gasteiger partial charge is 0.481 e. The maximum Gasteiger partial charge on any atom is 0.307 e. The third-order valence-electron chi connectivity index (χ3n) is 3.72. The number of carboxylic acids is 1. The summed E-state index contributed by atoms with van der Waals surface area (Å²) in [6.45, 7) is 4.06. The summed E-state index contributed by atoms with van der Waals surface area (Å²) in [5, 5.41) is 11.7. The quantitative estimate of drug-likeness (QED) is 0.856. The van der Waals surface area contributed by atoms with Crippen molar-refractivity contribution < 1.29 is 14.7 Å². The molecule has 0 fully saturated rings. The molecule has 0 bridgehead atoms. The lowest BCUT2D eigenvalue weighted by Gasteiger charge is -2.24. The van der Waals surface area contributed by atoms with Crippen molar-refractivity contribution in [2.45, 2.75) is 32.1 Å². The average molecular weight is 311 g/mol. The first-order chi connectivity index (χ1) is 10.9. The molecule has 4 nitrogen and oxygen atoms in total. The number of nitrogens with one attached hydrogen (secondary N) is 1. The van der Waals surface area contributed by atoms with Gasteiger partial charge in [-0.05, 0) is 28.7 Å². The van der Waals surface area contributed by atoms with Gasteiger partial charge in [-0.1, -0.05) is 56.3 Å². The third-order valence-corrected chi connectivity index (χ3v) is 3.72. The molecule has 0 unspecified atom stereocenters. The van der Waals surface area contributed by atoms with Gasteiger partial charge in [0, 0.05) is 12.1 Å². The van der Waals surface area contributed by atoms with E-state index >= 15 is 0 Å². The van der Waals surface area contributed by atoms with Crippen LogP contribution in [0.5, 0.6) is 0 Å². The van der Waals surface area contributed by atoms with Crippen LogP contribution in [0.1, 0.15) is 31.4 Å². The number of carbonyl (C=O) groups is 2. The molecule has 0 atom stereocenters. The molecule has 0 saturated heterocycles. The van der Waals surface area contributed by atoms with Gasteiger partial charge in [0.05, 0.1) is 6.42 Å². The molecule has 2 aromatic carbocycles. The van der Waals surface area contributed by atoms with Crippen molar-refractivity contribution in [1.29, 1.82) is 0 Å². The number of carboxylic acid groups (broad SMARTS) is 1. The van der Waals surface area contributed by atoms with Gasteiger partial charge in [0.15, 0.2) is 0 Å². The topological polar surface area (TPSA) is 66.4 Å². The Hall–Kier alpha value is -2.62. The molecule has 1 amide bonds. The van der Waals surface area contributed by atoms with E-state index in [9.17, 15) is 9.59 Å². The lowest BCUT2D eigenvalue weighted by Crippen LogP contribution is -2.25. The summed E-state index contributed by atoms with van der Waals surface area (Å²) in [5.41, 5.74) is 2.12. The first kappa shape index (κ1) is 16.7. The molecule has 0 aliphatic heterocycles. The van der Waals surface area contributed by atoms with E-state index in [0.29, 0.717) is 17.7 Å². The van der Waals surface area contributed by atoms with E-state index in [1.165, 1.54) is 0 Å². The number of anilines is 1. The standard InChI is InChI=1S/C19H21NO3/c1-19(2,15-8-4-3-5-9-15)13-17(21)20-16-10-6-7-14(11-16)12-18(22)23/h3-11H,12-13H2,1-2H3,(H,20,21)(H,22,23). The van der Waals surface area contributed by atoms with Gasteiger partial charge in [0.25, 0.3) is 0 Å². The van der Waals surface area contributed by atoms with Crippen LogP contribution in [0.4, 0.5) is 5.69 Å². The number of carbonyl (C=O) groups excluding carboxylic acids is 1. The Morgan fingerprint density at radius 3 is 2.39 bits per heavy atom. The third kappa shape index (κ3) is 4.95. The van der Waals surface area contributed by atoms with Gasteiger partial charge in [0.1, 0.15) is 0 Å². The molecular weight excluding hydrogens is 290 g/mol. The summed E-state index contributed by atoms with van der Waals surface area (Å²) in [5.74, 6) is -0.981. The second-order valence-corrected chi connectivity index (χ2v) is 6.25. The zero-order valence-electron chi connectivity index (χ0n) is 13.4. The van der Waals surface area contributed by atoms with E-state index in [1.54, 1.807) is 24.3 Å². The Morgan fingerprint density at radius 1 is 1.04 bits per heavy atom. The molecule has 2 N–H and O–H groups in total. The van der Waals surface area contributed by atoms with Crippen LogP contribution in [0, 0.1) is 0 Å². The van der Waals surface area contributed by atoms with Crippen molar-refractivity contribution in [2.24, 2.45) is 0 Å². The highest BCUT2D eigenvalue weighted by atomic mass is 16.4. The molecule has 120 valence electrons. The van der Waals surface area contributed by atoms with Crippen molar-refractivity contribution in [2.75, 3.05) is 5.32 Å². The van der Waals surface area contributed by atoms with E-state index < -0.39 is 5.97 Å². The van der Waals surface area contributed by atoms with Crippen LogP contribution in [0.3, 0.4) is 0 Å². The fourth-order valence-corrected chi connectivity index (χ4v) is 2.53. The van der Waals surface area contributed by atoms with E-state index in [0.717, 1.165) is 5.56 Å². The lowest BCUT2D eigenvalue weighted by molar-refractivity contribution is -0.136. The van der Waals surface area contributed by atoms with Gasteiger partial charge in [-0.15, -0.1) is 0 Å². The van der Waals surface area contributed by atoms with Crippen LogP contribution in [0.2, 0.25) is 0 Å². The van der Waals surface area contributed by atoms with Gasteiger partial charge in [-0.2, -0.15) is 0 Å². The van der Waals surface area contributed by atoms with Crippen molar-refractivity contribution in [3.05, 3.63) is 65.7 Å². The fourth-order valence-electron chi connectivity index (χ4n) is 2.53. The van der Waals surface area contributed by atoms with E-state index in [1.807, 2.05) is 44.2 Å². The highest BCUT2D eigenvalue weighted by molar-refractivity contribution is 5.91. The maximum absolute atomic E-state index is 12.3. The molecule has 23 heavy (non-hydrogen) atoms. The summed E-state index contributed by atoms with van der Waals surface area (Å²) in [4.78, 5) is 23.1. The molecule has 0 aromatic heterocycles. The van der Waals surface area contributed by atoms with Gasteiger partial charge in [0.2, 0.25) is 5.91 Å². The van der Waals surface area contributed by atoms with E-state index in [-0.39, 0.29) is 17.7 Å². The fraction of sp³-hybridized carbons (Fsp3) is 0.263. The molecule has 2 rings (SSSR count). The van der Waals surface area contributed by atoms with Crippen LogP contribution in [0.25, 0.3) is 0 Å². The van der Waals surface area contributed by atoms with Crippen LogP contribution in [-0.4, -0.2) is 17.0 Å². The monoisotopic (exact) mass is 311 g/mol. The number of aliphatic carboxylic acids is 1. The SMILES string of the molecule is CC(C)(CC(=O)Nc1cccc(CC(=O)O)c1)c1ccccc1. The molecule has 0 saturated carbocycles. The van der Waals surface area contributed by atoms with Crippen LogP contribution in [0.15, 0.2) is 54.6 Å². The predicted octanol–water partition coefficient (Wildman–Crippen LogP) is 3.62. The second kappa shape index (κ2) is 7.09. The molecule has 4 heteroatoms. The van der Waals surface area contributed by atoms with Crippen LogP contribution >= 0.6 is 0 Å². The molecular formula is C19H21NO3. The van der Waals surface area contributed by atoms with Gasteiger partial charge in [-0.3, -0.25) is 9.59 Å². The summed E-state index contributed by atoms with van der Waals surface area (Å²) < 4.78 is 0. The zero-order chi connectivity index (χ0) is 16.9. The van der Waals surface area contributed by atoms with Crippen molar-refractivity contribution in [3.8, 4) is 0 Å². The summed E-state index contributed by atoms with van der Waals surface area (Å²) >= 11 is 0. The minimum atomic E-state index is -0.890. The molecule has 0 heterocycles. The Kier molecular flexibility index (Phi) is 5.16. The number of rotatable bonds is 6. The minimum Gasteiger partial charge on any atom is -0.481 e. The summed E-state index contributed by atoms with van der Waals surface area (Å²) in [6, 6.07) is 16.8. The van der Waals surface area contributed by atoms with Gasteiger partial charge < -0.3 is 10.4 Å². The van der Waals surface area contributed by atoms with E-state index in [4.69, 9.17) is 5.11 Å². The Balaban J connectivity index is 2.03. The normalized spacial score (nSPS) is 11.0. The Bertz CT molecular complexity index is 693. The summed E-state index contributed by atoms with van der Waals surface area (Å²) in [7, 11) is 0. The first-order valence-corrected chi connectivity index (χ1v) is 7.53. The smallest absolute Gasteiger partial charge is 0.307 e. The van der Waals surface area contributed by atoms with Crippen molar-refractivity contribution in [3.63, 3.8) is 0 Å². The predicted molar refractivity (Wildman–Crippen MR) is 90.5 cm³/mol. The molecule has 0 aliphatic carbocycles. The lowest BCUT2D eigenvalue weighted by atomic mass is 9.81. The zero-order valence-corrected chi connectivity index (χ0v) is 13.4. The van der Waals surface area contributed by atoms with Gasteiger partial charge in [-0.25, -0.2) is 0 Å². The number of benzene rings is 2. The first-order valence-electron chi connectivity index (χ1n) is 7.53. The van der Waals surface area contributed by atoms with Gasteiger partial charge >= 0.3 is 5.97 Å². The maximum atomic E-state index is 12.3. The molecule has 0 aliphatic rings. The van der Waals surface area contributed by atoms with Crippen LogP contribution in [-0.2, 0) is 21.4 Å². The molecule has 0 radical (unpaired) electrons. The van der Waals surface area contributed by atoms with Crippen LogP contribution < -0.4 is 5.32 Å². The highest BCUT2D eigenvalue weighted by Gasteiger charge is 2.24. The minimum absolute atomic E-state index is 0.0563. The highest BCUT2D eigenvalue weighted by Crippen LogP contribution is 2.27. The van der Waals surface area contributed by atoms with Crippen molar-refractivity contribution in [1.82, 2.24) is 0 Å². The van der Waals surface area contributed by atoms with Crippen molar-refractivity contribution >= 4 is 17.6 Å². The molecule has 2 aromatic rings. The van der Waals surface area contributed by atoms with E-state index in [2.05, 4.69) is 5.32 Å². The number of hydrogen-bond acceptors (Lipinski definition) is 2. The Morgan fingerprint density at radius 2 is 1.74 bits per heavy atom. The number of hydrogen-bond donors (Lipinski definition) is 2. The average Bonchev–Trinajstić information content (AvgIpc) is 2.47. The molecule has 0 spiro atoms. The number of amides is 1. The summed E-state index contributed by atoms with van der Waals surface area (Å²) in [6.07, 6.45) is 0.291. The second-order valence-electron chi connectivity index (χ2n) is 6.25.